The maximum Gasteiger partial charge on any atom is 0.225 e. The van der Waals surface area contributed by atoms with Crippen molar-refractivity contribution in [1.29, 1.82) is 0 Å². The number of hydrogen-bond acceptors (Lipinski definition) is 3. The molecule has 1 heterocycles. The lowest BCUT2D eigenvalue weighted by atomic mass is 9.84. The van der Waals surface area contributed by atoms with Crippen molar-refractivity contribution < 1.29 is 14.3 Å². The van der Waals surface area contributed by atoms with E-state index in [4.69, 9.17) is 4.74 Å². The van der Waals surface area contributed by atoms with Crippen molar-refractivity contribution in [3.8, 4) is 5.75 Å². The van der Waals surface area contributed by atoms with E-state index in [1.54, 1.807) is 6.07 Å². The Kier molecular flexibility index (Phi) is 4.23. The van der Waals surface area contributed by atoms with Crippen molar-refractivity contribution in [2.45, 2.75) is 38.2 Å². The van der Waals surface area contributed by atoms with Crippen LogP contribution in [-0.4, -0.2) is 36.3 Å². The Hall–Kier alpha value is -1.84. The van der Waals surface area contributed by atoms with Gasteiger partial charge in [-0.1, -0.05) is 18.6 Å². The van der Waals surface area contributed by atoms with Gasteiger partial charge in [-0.3, -0.25) is 9.59 Å². The van der Waals surface area contributed by atoms with Gasteiger partial charge in [-0.2, -0.15) is 0 Å². The summed E-state index contributed by atoms with van der Waals surface area (Å²) in [6.45, 7) is 1.53. The van der Waals surface area contributed by atoms with Gasteiger partial charge in [0.1, 0.15) is 11.9 Å². The molecule has 4 heteroatoms. The van der Waals surface area contributed by atoms with E-state index in [1.807, 2.05) is 23.1 Å². The molecular formula is C17H21NO3. The summed E-state index contributed by atoms with van der Waals surface area (Å²) in [5.41, 5.74) is 0.588. The van der Waals surface area contributed by atoms with Crippen LogP contribution < -0.4 is 4.74 Å². The normalized spacial score (nSPS) is 19.9. The maximum absolute atomic E-state index is 12.2. The second-order valence-corrected chi connectivity index (χ2v) is 5.93. The first-order valence-corrected chi connectivity index (χ1v) is 7.77. The van der Waals surface area contributed by atoms with Crippen LogP contribution in [0.15, 0.2) is 24.3 Å². The molecule has 0 spiro atoms. The van der Waals surface area contributed by atoms with E-state index in [-0.39, 0.29) is 12.0 Å². The minimum atomic E-state index is 0.0940. The average molecular weight is 287 g/mol. The first kappa shape index (κ1) is 14.1. The Bertz CT molecular complexity index is 517. The van der Waals surface area contributed by atoms with Gasteiger partial charge in [-0.05, 0) is 25.0 Å². The molecule has 1 saturated carbocycles. The fourth-order valence-corrected chi connectivity index (χ4v) is 2.97. The molecule has 1 saturated heterocycles. The summed E-state index contributed by atoms with van der Waals surface area (Å²) in [7, 11) is 0. The molecule has 0 unspecified atom stereocenters. The summed E-state index contributed by atoms with van der Waals surface area (Å²) in [6.07, 6.45) is 5.90. The molecule has 21 heavy (non-hydrogen) atoms. The molecule has 1 aromatic carbocycles. The predicted octanol–water partition coefficient (Wildman–Crippen LogP) is 2.67. The number of benzene rings is 1. The number of ether oxygens (including phenoxy) is 1. The largest absolute Gasteiger partial charge is 0.490 e. The van der Waals surface area contributed by atoms with Crippen molar-refractivity contribution in [3.63, 3.8) is 0 Å². The molecule has 4 nitrogen and oxygen atoms in total. The highest BCUT2D eigenvalue weighted by atomic mass is 16.5. The van der Waals surface area contributed by atoms with Crippen LogP contribution in [0, 0.1) is 5.92 Å². The number of aldehydes is 1. The van der Waals surface area contributed by atoms with E-state index >= 15 is 0 Å². The highest BCUT2D eigenvalue weighted by molar-refractivity contribution is 5.80. The molecule has 0 aromatic heterocycles. The topological polar surface area (TPSA) is 46.6 Å². The number of amides is 1. The zero-order valence-electron chi connectivity index (χ0n) is 12.2. The van der Waals surface area contributed by atoms with Crippen molar-refractivity contribution in [2.24, 2.45) is 5.92 Å². The van der Waals surface area contributed by atoms with Gasteiger partial charge in [0.25, 0.3) is 0 Å². The van der Waals surface area contributed by atoms with Gasteiger partial charge in [0.05, 0.1) is 5.56 Å². The summed E-state index contributed by atoms with van der Waals surface area (Å²) >= 11 is 0. The van der Waals surface area contributed by atoms with Gasteiger partial charge >= 0.3 is 0 Å². The minimum absolute atomic E-state index is 0.0940. The number of carbonyl (C=O) groups is 2. The molecule has 2 aliphatic rings. The summed E-state index contributed by atoms with van der Waals surface area (Å²) in [4.78, 5) is 25.2. The van der Waals surface area contributed by atoms with Gasteiger partial charge in [-0.25, -0.2) is 0 Å². The Morgan fingerprint density at radius 1 is 1.14 bits per heavy atom. The third-order valence-electron chi connectivity index (χ3n) is 4.55. The van der Waals surface area contributed by atoms with E-state index < -0.39 is 0 Å². The lowest BCUT2D eigenvalue weighted by Crippen LogP contribution is -2.45. The van der Waals surface area contributed by atoms with Crippen molar-refractivity contribution in [2.75, 3.05) is 13.1 Å². The second-order valence-electron chi connectivity index (χ2n) is 5.93. The quantitative estimate of drug-likeness (QED) is 0.800. The highest BCUT2D eigenvalue weighted by Gasteiger charge is 2.32. The zero-order valence-corrected chi connectivity index (χ0v) is 12.2. The van der Waals surface area contributed by atoms with E-state index in [1.165, 1.54) is 6.42 Å². The smallest absolute Gasteiger partial charge is 0.225 e. The van der Waals surface area contributed by atoms with E-state index in [0.717, 1.165) is 45.1 Å². The minimum Gasteiger partial charge on any atom is -0.490 e. The average Bonchev–Trinajstić information content (AvgIpc) is 2.47. The Balaban J connectivity index is 1.53. The molecule has 112 valence electrons. The molecule has 1 aliphatic heterocycles. The predicted molar refractivity (Wildman–Crippen MR) is 79.4 cm³/mol. The number of hydrogen-bond donors (Lipinski definition) is 0. The van der Waals surface area contributed by atoms with Crippen molar-refractivity contribution in [3.05, 3.63) is 29.8 Å². The summed E-state index contributed by atoms with van der Waals surface area (Å²) in [5.74, 6) is 1.25. The van der Waals surface area contributed by atoms with Crippen LogP contribution in [0.3, 0.4) is 0 Å². The van der Waals surface area contributed by atoms with Crippen LogP contribution in [0.2, 0.25) is 0 Å². The van der Waals surface area contributed by atoms with E-state index in [9.17, 15) is 9.59 Å². The first-order valence-electron chi connectivity index (χ1n) is 7.77. The molecule has 3 rings (SSSR count). The molecule has 2 fully saturated rings. The number of piperidine rings is 1. The van der Waals surface area contributed by atoms with E-state index in [2.05, 4.69) is 0 Å². The van der Waals surface area contributed by atoms with Crippen LogP contribution in [-0.2, 0) is 4.79 Å². The first-order chi connectivity index (χ1) is 10.3. The van der Waals surface area contributed by atoms with E-state index in [0.29, 0.717) is 17.2 Å². The highest BCUT2D eigenvalue weighted by Crippen LogP contribution is 2.30. The monoisotopic (exact) mass is 287 g/mol. The molecular weight excluding hydrogens is 266 g/mol. The molecule has 0 atom stereocenters. The number of rotatable bonds is 4. The molecule has 1 aromatic rings. The number of nitrogens with zero attached hydrogens (tertiary/aromatic N) is 1. The van der Waals surface area contributed by atoms with Crippen LogP contribution >= 0.6 is 0 Å². The fraction of sp³-hybridized carbons (Fsp3) is 0.529. The summed E-state index contributed by atoms with van der Waals surface area (Å²) < 4.78 is 5.94. The van der Waals surface area contributed by atoms with Gasteiger partial charge < -0.3 is 9.64 Å². The number of likely N-dealkylation sites (tertiary alicyclic amines) is 1. The zero-order chi connectivity index (χ0) is 14.7. The lowest BCUT2D eigenvalue weighted by molar-refractivity contribution is -0.140. The van der Waals surface area contributed by atoms with Crippen molar-refractivity contribution in [1.82, 2.24) is 4.90 Å². The second kappa shape index (κ2) is 6.29. The third kappa shape index (κ3) is 3.09. The molecule has 1 aliphatic carbocycles. The maximum atomic E-state index is 12.2. The Morgan fingerprint density at radius 2 is 1.86 bits per heavy atom. The van der Waals surface area contributed by atoms with Gasteiger partial charge in [-0.15, -0.1) is 0 Å². The number of para-hydroxylation sites is 1. The molecule has 0 radical (unpaired) electrons. The van der Waals surface area contributed by atoms with Gasteiger partial charge in [0.2, 0.25) is 5.91 Å². The van der Waals surface area contributed by atoms with Crippen LogP contribution in [0.4, 0.5) is 0 Å². The lowest BCUT2D eigenvalue weighted by Gasteiger charge is -2.36. The van der Waals surface area contributed by atoms with Crippen LogP contribution in [0.1, 0.15) is 42.5 Å². The van der Waals surface area contributed by atoms with Gasteiger partial charge in [0.15, 0.2) is 6.29 Å². The fourth-order valence-electron chi connectivity index (χ4n) is 2.97. The molecule has 0 bridgehead atoms. The summed E-state index contributed by atoms with van der Waals surface area (Å²) in [5, 5.41) is 0. The number of carbonyl (C=O) groups excluding carboxylic acids is 2. The molecule has 0 N–H and O–H groups in total. The standard InChI is InChI=1S/C17H21NO3/c19-12-14-4-1-2-7-16(14)21-15-8-10-18(11-9-15)17(20)13-5-3-6-13/h1-2,4,7,12-13,15H,3,5-6,8-11H2. The molecule has 1 amide bonds. The van der Waals surface area contributed by atoms with Gasteiger partial charge in [0, 0.05) is 31.8 Å². The van der Waals surface area contributed by atoms with Crippen molar-refractivity contribution >= 4 is 12.2 Å². The third-order valence-corrected chi connectivity index (χ3v) is 4.55. The Labute approximate surface area is 125 Å². The van der Waals surface area contributed by atoms with Crippen LogP contribution in [0.25, 0.3) is 0 Å². The SMILES string of the molecule is O=Cc1ccccc1OC1CCN(C(=O)C2CCC2)CC1. The van der Waals surface area contributed by atoms with Crippen LogP contribution in [0.5, 0.6) is 5.75 Å². The summed E-state index contributed by atoms with van der Waals surface area (Å²) in [6, 6.07) is 7.29. The Morgan fingerprint density at radius 3 is 2.48 bits per heavy atom.